The van der Waals surface area contributed by atoms with E-state index < -0.39 is 30.0 Å². The van der Waals surface area contributed by atoms with E-state index in [1.165, 1.54) is 0 Å². The quantitative estimate of drug-likeness (QED) is 0.0822. The minimum Gasteiger partial charge on any atom is -0.481 e. The summed E-state index contributed by atoms with van der Waals surface area (Å²) in [6, 6.07) is 12.3. The average Bonchev–Trinajstić information content (AvgIpc) is 2.84. The number of nitrogens with two attached hydrogens (primary N) is 1. The molecule has 10 heteroatoms. The number of unbranched alkanes of at least 4 members (excludes halogenated alkanes) is 2. The van der Waals surface area contributed by atoms with Crippen LogP contribution in [0.15, 0.2) is 54.1 Å². The Morgan fingerprint density at radius 3 is 1.97 bits per heavy atom. The Morgan fingerprint density at radius 2 is 1.50 bits per heavy atom. The van der Waals surface area contributed by atoms with Gasteiger partial charge in [0.1, 0.15) is 11.6 Å². The first-order chi connectivity index (χ1) is 17.9. The van der Waals surface area contributed by atoms with Crippen molar-refractivity contribution < 1.29 is 34.1 Å². The van der Waals surface area contributed by atoms with Crippen molar-refractivity contribution in [2.24, 2.45) is 5.73 Å². The van der Waals surface area contributed by atoms with Gasteiger partial charge in [0.25, 0.3) is 11.9 Å². The summed E-state index contributed by atoms with van der Waals surface area (Å²) in [5.41, 5.74) is 7.18. The fraction of sp³-hybridized carbons (Fsp3) is 0.321. The number of hydrogen-bond acceptors (Lipinski definition) is 6. The standard InChI is InChI=1S/C26H31N3O5.C2H4O2/c1-4-5-6-7-18(3)29(26(32)33)24(30)17(2)16-19-8-10-21(11-9-19)25(31)34-22-14-12-20(13-15-22)23(27)28;1-2(3)4/h8-16,18H,4-7H2,1-3H3,(H3,27,28)(H,32,33);1H3,(H,3,4). The molecule has 5 N–H and O–H groups in total. The number of carbonyl (C=O) groups excluding carboxylic acids is 2. The van der Waals surface area contributed by atoms with Gasteiger partial charge in [-0.05, 0) is 68.3 Å². The molecule has 2 aromatic rings. The van der Waals surface area contributed by atoms with Crippen LogP contribution in [0.4, 0.5) is 4.79 Å². The van der Waals surface area contributed by atoms with Gasteiger partial charge in [-0.1, -0.05) is 38.3 Å². The molecule has 0 aromatic heterocycles. The second-order valence-corrected chi connectivity index (χ2v) is 8.60. The number of carbonyl (C=O) groups is 4. The second-order valence-electron chi connectivity index (χ2n) is 8.60. The van der Waals surface area contributed by atoms with Crippen molar-refractivity contribution in [2.75, 3.05) is 0 Å². The van der Waals surface area contributed by atoms with Crippen molar-refractivity contribution >= 4 is 35.9 Å². The Kier molecular flexibility index (Phi) is 13.0. The third-order valence-electron chi connectivity index (χ3n) is 5.33. The molecule has 0 radical (unpaired) electrons. The topological polar surface area (TPSA) is 171 Å². The SMILES string of the molecule is CC(=O)O.CCCCCC(C)N(C(=O)O)C(=O)C(C)=Cc1ccc(C(=O)Oc2ccc(C(=N)N)cc2)cc1. The minimum absolute atomic E-state index is 0.0762. The maximum atomic E-state index is 12.8. The van der Waals surface area contributed by atoms with E-state index in [9.17, 15) is 19.5 Å². The summed E-state index contributed by atoms with van der Waals surface area (Å²) in [6.07, 6.45) is 3.80. The molecule has 2 rings (SSSR count). The number of imide groups is 1. The number of nitrogens with one attached hydrogen (secondary N) is 1. The number of carboxylic acid groups (broad SMARTS) is 2. The van der Waals surface area contributed by atoms with Crippen LogP contribution in [0.5, 0.6) is 5.75 Å². The van der Waals surface area contributed by atoms with Gasteiger partial charge in [0.15, 0.2) is 0 Å². The maximum Gasteiger partial charge on any atom is 0.414 e. The molecule has 2 amide bonds. The zero-order valence-electron chi connectivity index (χ0n) is 22.1. The molecule has 38 heavy (non-hydrogen) atoms. The molecule has 0 aliphatic heterocycles. The molecule has 0 aliphatic carbocycles. The van der Waals surface area contributed by atoms with Crippen molar-refractivity contribution in [1.82, 2.24) is 4.90 Å². The predicted octanol–water partition coefficient (Wildman–Crippen LogP) is 5.16. The molecular formula is C28H35N3O7. The molecular weight excluding hydrogens is 490 g/mol. The Bertz CT molecular complexity index is 1150. The molecule has 1 unspecified atom stereocenters. The van der Waals surface area contributed by atoms with Crippen LogP contribution < -0.4 is 10.5 Å². The van der Waals surface area contributed by atoms with Crippen LogP contribution in [0.2, 0.25) is 0 Å². The molecule has 10 nitrogen and oxygen atoms in total. The van der Waals surface area contributed by atoms with E-state index in [4.69, 9.17) is 25.8 Å². The summed E-state index contributed by atoms with van der Waals surface area (Å²) in [5, 5.41) is 24.4. The van der Waals surface area contributed by atoms with E-state index >= 15 is 0 Å². The van der Waals surface area contributed by atoms with Crippen molar-refractivity contribution in [3.8, 4) is 5.75 Å². The zero-order valence-corrected chi connectivity index (χ0v) is 22.1. The zero-order chi connectivity index (χ0) is 28.8. The van der Waals surface area contributed by atoms with Gasteiger partial charge in [-0.25, -0.2) is 14.5 Å². The number of benzene rings is 2. The van der Waals surface area contributed by atoms with Crippen molar-refractivity contribution in [3.63, 3.8) is 0 Å². The first-order valence-electron chi connectivity index (χ1n) is 12.1. The number of ether oxygens (including phenoxy) is 1. The van der Waals surface area contributed by atoms with Crippen LogP contribution in [0.25, 0.3) is 6.08 Å². The summed E-state index contributed by atoms with van der Waals surface area (Å²) >= 11 is 0. The number of aliphatic carboxylic acids is 1. The van der Waals surface area contributed by atoms with E-state index in [1.807, 2.05) is 0 Å². The number of hydrogen-bond donors (Lipinski definition) is 4. The largest absolute Gasteiger partial charge is 0.481 e. The monoisotopic (exact) mass is 525 g/mol. The highest BCUT2D eigenvalue weighted by Gasteiger charge is 2.27. The molecule has 1 atom stereocenters. The van der Waals surface area contributed by atoms with Crippen LogP contribution in [-0.2, 0) is 9.59 Å². The number of amides is 2. The van der Waals surface area contributed by atoms with Crippen LogP contribution in [0.1, 0.15) is 74.9 Å². The van der Waals surface area contributed by atoms with E-state index in [0.717, 1.165) is 31.1 Å². The summed E-state index contributed by atoms with van der Waals surface area (Å²) in [4.78, 5) is 46.8. The predicted molar refractivity (Wildman–Crippen MR) is 144 cm³/mol. The van der Waals surface area contributed by atoms with E-state index in [1.54, 1.807) is 68.5 Å². The van der Waals surface area contributed by atoms with Gasteiger partial charge in [0.2, 0.25) is 0 Å². The molecule has 204 valence electrons. The molecule has 0 fully saturated rings. The molecule has 2 aromatic carbocycles. The van der Waals surface area contributed by atoms with Gasteiger partial charge >= 0.3 is 12.1 Å². The third kappa shape index (κ3) is 10.7. The summed E-state index contributed by atoms with van der Waals surface area (Å²) < 4.78 is 5.33. The van der Waals surface area contributed by atoms with Crippen LogP contribution in [0, 0.1) is 5.41 Å². The van der Waals surface area contributed by atoms with Gasteiger partial charge in [0, 0.05) is 24.1 Å². The molecule has 0 saturated carbocycles. The number of rotatable bonds is 10. The van der Waals surface area contributed by atoms with Crippen LogP contribution in [0.3, 0.4) is 0 Å². The summed E-state index contributed by atoms with van der Waals surface area (Å²) in [7, 11) is 0. The highest BCUT2D eigenvalue weighted by atomic mass is 16.5. The van der Waals surface area contributed by atoms with Crippen molar-refractivity contribution in [1.29, 1.82) is 5.41 Å². The number of carboxylic acids is 1. The average molecular weight is 526 g/mol. The molecule has 0 saturated heterocycles. The number of nitrogen functional groups attached to an aromatic ring is 1. The molecule has 0 aliphatic rings. The van der Waals surface area contributed by atoms with Crippen molar-refractivity contribution in [3.05, 3.63) is 70.8 Å². The van der Waals surface area contributed by atoms with Crippen molar-refractivity contribution in [2.45, 2.75) is 59.4 Å². The lowest BCUT2D eigenvalue weighted by atomic mass is 10.1. The lowest BCUT2D eigenvalue weighted by Gasteiger charge is -2.25. The molecule has 0 heterocycles. The Hall–Kier alpha value is -4.47. The number of nitrogens with zero attached hydrogens (tertiary/aromatic N) is 1. The van der Waals surface area contributed by atoms with Gasteiger partial charge in [0.05, 0.1) is 5.56 Å². The highest BCUT2D eigenvalue weighted by molar-refractivity contribution is 6.04. The Morgan fingerprint density at radius 1 is 0.974 bits per heavy atom. The first-order valence-corrected chi connectivity index (χ1v) is 12.1. The fourth-order valence-corrected chi connectivity index (χ4v) is 3.38. The Balaban J connectivity index is 0.00000168. The lowest BCUT2D eigenvalue weighted by Crippen LogP contribution is -2.42. The first kappa shape index (κ1) is 31.6. The normalized spacial score (nSPS) is 11.4. The van der Waals surface area contributed by atoms with E-state index in [2.05, 4.69) is 6.92 Å². The highest BCUT2D eigenvalue weighted by Crippen LogP contribution is 2.18. The maximum absolute atomic E-state index is 12.8. The van der Waals surface area contributed by atoms with Gasteiger partial charge in [-0.2, -0.15) is 0 Å². The van der Waals surface area contributed by atoms with E-state index in [0.29, 0.717) is 28.9 Å². The third-order valence-corrected chi connectivity index (χ3v) is 5.33. The fourth-order valence-electron chi connectivity index (χ4n) is 3.38. The Labute approximate surface area is 222 Å². The van der Waals surface area contributed by atoms with Gasteiger partial charge in [-0.3, -0.25) is 15.0 Å². The second kappa shape index (κ2) is 15.6. The van der Waals surface area contributed by atoms with Gasteiger partial charge in [-0.15, -0.1) is 0 Å². The summed E-state index contributed by atoms with van der Waals surface area (Å²) in [5.74, 6) is -1.71. The van der Waals surface area contributed by atoms with Gasteiger partial charge < -0.3 is 20.7 Å². The van der Waals surface area contributed by atoms with Crippen LogP contribution >= 0.6 is 0 Å². The lowest BCUT2D eigenvalue weighted by molar-refractivity contribution is -0.134. The summed E-state index contributed by atoms with van der Waals surface area (Å²) in [6.45, 7) is 6.46. The smallest absolute Gasteiger partial charge is 0.414 e. The number of amidine groups is 1. The van der Waals surface area contributed by atoms with E-state index in [-0.39, 0.29) is 11.4 Å². The van der Waals surface area contributed by atoms with Crippen LogP contribution in [-0.4, -0.2) is 50.9 Å². The minimum atomic E-state index is -1.27. The molecule has 0 bridgehead atoms. The molecule has 0 spiro atoms. The number of esters is 1.